The smallest absolute Gasteiger partial charge is 0.319 e. The zero-order chi connectivity index (χ0) is 11.3. The summed E-state index contributed by atoms with van der Waals surface area (Å²) in [5.74, 6) is 0.115. The lowest BCUT2D eigenvalue weighted by molar-refractivity contribution is -0.162. The van der Waals surface area contributed by atoms with E-state index in [1.165, 1.54) is 0 Å². The van der Waals surface area contributed by atoms with Crippen LogP contribution < -0.4 is 0 Å². The summed E-state index contributed by atoms with van der Waals surface area (Å²) in [6.45, 7) is 10.1. The standard InChI is InChI=1S/C12H18O3/c1-5-12(8-6-7-14-9(8)12)10(13)15-11(2,3)4/h5,8-9H,1,6-7H2,2-4H3/t8-,9+,12+/m1/s1. The van der Waals surface area contributed by atoms with E-state index in [2.05, 4.69) is 6.58 Å². The van der Waals surface area contributed by atoms with Crippen LogP contribution in [0.4, 0.5) is 0 Å². The fourth-order valence-corrected chi connectivity index (χ4v) is 2.40. The van der Waals surface area contributed by atoms with Gasteiger partial charge in [-0.25, -0.2) is 0 Å². The Balaban J connectivity index is 2.10. The van der Waals surface area contributed by atoms with Crippen LogP contribution in [0, 0.1) is 11.3 Å². The second-order valence-corrected chi connectivity index (χ2v) is 5.33. The number of rotatable bonds is 2. The van der Waals surface area contributed by atoms with Gasteiger partial charge in [-0.3, -0.25) is 4.79 Å². The van der Waals surface area contributed by atoms with E-state index in [9.17, 15) is 4.79 Å². The highest BCUT2D eigenvalue weighted by Gasteiger charge is 2.72. The molecule has 3 nitrogen and oxygen atoms in total. The second kappa shape index (κ2) is 3.08. The fourth-order valence-electron chi connectivity index (χ4n) is 2.40. The first-order chi connectivity index (χ1) is 6.92. The van der Waals surface area contributed by atoms with Gasteiger partial charge in [0, 0.05) is 12.5 Å². The summed E-state index contributed by atoms with van der Waals surface area (Å²) < 4.78 is 10.9. The molecule has 15 heavy (non-hydrogen) atoms. The van der Waals surface area contributed by atoms with E-state index in [1.54, 1.807) is 6.08 Å². The summed E-state index contributed by atoms with van der Waals surface area (Å²) >= 11 is 0. The average Bonchev–Trinajstić information content (AvgIpc) is 2.51. The van der Waals surface area contributed by atoms with Gasteiger partial charge >= 0.3 is 5.97 Å². The van der Waals surface area contributed by atoms with Gasteiger partial charge in [-0.05, 0) is 27.2 Å². The van der Waals surface area contributed by atoms with E-state index >= 15 is 0 Å². The molecule has 0 radical (unpaired) electrons. The normalized spacial score (nSPS) is 38.3. The van der Waals surface area contributed by atoms with Gasteiger partial charge in [-0.15, -0.1) is 6.58 Å². The zero-order valence-corrected chi connectivity index (χ0v) is 9.58. The molecule has 1 saturated heterocycles. The number of carbonyl (C=O) groups is 1. The van der Waals surface area contributed by atoms with Gasteiger partial charge in [0.25, 0.3) is 0 Å². The molecule has 1 heterocycles. The van der Waals surface area contributed by atoms with Crippen molar-refractivity contribution in [3.8, 4) is 0 Å². The topological polar surface area (TPSA) is 35.5 Å². The van der Waals surface area contributed by atoms with Crippen LogP contribution in [0.5, 0.6) is 0 Å². The lowest BCUT2D eigenvalue weighted by Crippen LogP contribution is -2.32. The van der Waals surface area contributed by atoms with Crippen LogP contribution in [0.3, 0.4) is 0 Å². The van der Waals surface area contributed by atoms with Crippen LogP contribution in [-0.2, 0) is 14.3 Å². The highest BCUT2D eigenvalue weighted by Crippen LogP contribution is 2.61. The third kappa shape index (κ3) is 1.49. The first-order valence-electron chi connectivity index (χ1n) is 5.40. The van der Waals surface area contributed by atoms with E-state index < -0.39 is 11.0 Å². The third-order valence-corrected chi connectivity index (χ3v) is 3.16. The number of carbonyl (C=O) groups excluding carboxylic acids is 1. The molecule has 0 aromatic carbocycles. The molecule has 1 aliphatic heterocycles. The van der Waals surface area contributed by atoms with E-state index in [1.807, 2.05) is 20.8 Å². The minimum atomic E-state index is -0.550. The summed E-state index contributed by atoms with van der Waals surface area (Å²) in [6, 6.07) is 0. The molecule has 0 unspecified atom stereocenters. The maximum absolute atomic E-state index is 12.0. The van der Waals surface area contributed by atoms with Gasteiger partial charge < -0.3 is 9.47 Å². The second-order valence-electron chi connectivity index (χ2n) is 5.33. The van der Waals surface area contributed by atoms with Crippen molar-refractivity contribution >= 4 is 5.97 Å². The first kappa shape index (κ1) is 10.7. The number of ether oxygens (including phenoxy) is 2. The third-order valence-electron chi connectivity index (χ3n) is 3.16. The molecule has 2 aliphatic rings. The first-order valence-corrected chi connectivity index (χ1v) is 5.40. The van der Waals surface area contributed by atoms with Crippen molar-refractivity contribution in [2.45, 2.75) is 38.9 Å². The molecule has 1 aliphatic carbocycles. The lowest BCUT2D eigenvalue weighted by Gasteiger charge is -2.24. The summed E-state index contributed by atoms with van der Waals surface area (Å²) in [6.07, 6.45) is 2.66. The zero-order valence-electron chi connectivity index (χ0n) is 9.58. The minimum Gasteiger partial charge on any atom is -0.459 e. The molecule has 3 heteroatoms. The molecule has 0 amide bonds. The molecule has 0 spiro atoms. The van der Waals surface area contributed by atoms with Crippen LogP contribution in [0.15, 0.2) is 12.7 Å². The van der Waals surface area contributed by atoms with Gasteiger partial charge in [0.2, 0.25) is 0 Å². The van der Waals surface area contributed by atoms with Crippen LogP contribution >= 0.6 is 0 Å². The van der Waals surface area contributed by atoms with Gasteiger partial charge in [0.05, 0.1) is 6.10 Å². The highest BCUT2D eigenvalue weighted by molar-refractivity contribution is 5.85. The fraction of sp³-hybridized carbons (Fsp3) is 0.750. The summed E-state index contributed by atoms with van der Waals surface area (Å²) in [7, 11) is 0. The SMILES string of the molecule is C=C[C@]1(C(=O)OC(C)(C)C)[C@@H]2CCO[C@@H]21. The maximum atomic E-state index is 12.0. The molecular formula is C12H18O3. The Labute approximate surface area is 90.4 Å². The van der Waals surface area contributed by atoms with Crippen molar-refractivity contribution in [3.63, 3.8) is 0 Å². The highest BCUT2D eigenvalue weighted by atomic mass is 16.6. The van der Waals surface area contributed by atoms with E-state index in [0.29, 0.717) is 5.92 Å². The number of esters is 1. The molecule has 2 fully saturated rings. The predicted molar refractivity (Wildman–Crippen MR) is 56.3 cm³/mol. The molecular weight excluding hydrogens is 192 g/mol. The molecule has 2 rings (SSSR count). The molecule has 0 bridgehead atoms. The molecule has 0 aromatic rings. The summed E-state index contributed by atoms with van der Waals surface area (Å²) in [5.41, 5.74) is -0.991. The summed E-state index contributed by atoms with van der Waals surface area (Å²) in [5, 5.41) is 0. The van der Waals surface area contributed by atoms with Crippen molar-refractivity contribution in [2.75, 3.05) is 6.61 Å². The molecule has 1 saturated carbocycles. The molecule has 84 valence electrons. The van der Waals surface area contributed by atoms with Crippen LogP contribution in [0.25, 0.3) is 0 Å². The van der Waals surface area contributed by atoms with Crippen molar-refractivity contribution in [3.05, 3.63) is 12.7 Å². The van der Waals surface area contributed by atoms with Crippen LogP contribution in [0.1, 0.15) is 27.2 Å². The quantitative estimate of drug-likeness (QED) is 0.516. The van der Waals surface area contributed by atoms with E-state index in [4.69, 9.17) is 9.47 Å². The average molecular weight is 210 g/mol. The Morgan fingerprint density at radius 2 is 2.27 bits per heavy atom. The van der Waals surface area contributed by atoms with Crippen molar-refractivity contribution < 1.29 is 14.3 Å². The predicted octanol–water partition coefficient (Wildman–Crippen LogP) is 1.92. The summed E-state index contributed by atoms with van der Waals surface area (Å²) in [4.78, 5) is 12.0. The van der Waals surface area contributed by atoms with Crippen molar-refractivity contribution in [2.24, 2.45) is 11.3 Å². The maximum Gasteiger partial charge on any atom is 0.319 e. The Kier molecular flexibility index (Phi) is 2.19. The molecule has 0 aromatic heterocycles. The Morgan fingerprint density at radius 3 is 2.67 bits per heavy atom. The Bertz CT molecular complexity index is 290. The minimum absolute atomic E-state index is 0.0184. The number of fused-ring (bicyclic) bond motifs is 1. The Morgan fingerprint density at radius 1 is 1.60 bits per heavy atom. The van der Waals surface area contributed by atoms with E-state index in [0.717, 1.165) is 13.0 Å². The van der Waals surface area contributed by atoms with Crippen LogP contribution in [0.2, 0.25) is 0 Å². The lowest BCUT2D eigenvalue weighted by atomic mass is 10.0. The largest absolute Gasteiger partial charge is 0.459 e. The van der Waals surface area contributed by atoms with Gasteiger partial charge in [-0.1, -0.05) is 6.08 Å². The van der Waals surface area contributed by atoms with Crippen molar-refractivity contribution in [1.29, 1.82) is 0 Å². The number of hydrogen-bond acceptors (Lipinski definition) is 3. The van der Waals surface area contributed by atoms with Gasteiger partial charge in [0.1, 0.15) is 11.0 Å². The van der Waals surface area contributed by atoms with E-state index in [-0.39, 0.29) is 12.1 Å². The molecule has 3 atom stereocenters. The van der Waals surface area contributed by atoms with Gasteiger partial charge in [0.15, 0.2) is 0 Å². The monoisotopic (exact) mass is 210 g/mol. The van der Waals surface area contributed by atoms with Gasteiger partial charge in [-0.2, -0.15) is 0 Å². The van der Waals surface area contributed by atoms with Crippen LogP contribution in [-0.4, -0.2) is 24.3 Å². The Hall–Kier alpha value is -0.830. The molecule has 0 N–H and O–H groups in total. The van der Waals surface area contributed by atoms with Crippen molar-refractivity contribution in [1.82, 2.24) is 0 Å². The number of hydrogen-bond donors (Lipinski definition) is 0.